The van der Waals surface area contributed by atoms with E-state index in [9.17, 15) is 0 Å². The first-order valence-corrected chi connectivity index (χ1v) is 10.6. The van der Waals surface area contributed by atoms with Crippen LogP contribution in [0.5, 0.6) is 0 Å². The number of benzene rings is 3. The molecule has 2 nitrogen and oxygen atoms in total. The summed E-state index contributed by atoms with van der Waals surface area (Å²) in [4.78, 5) is 5.86. The van der Waals surface area contributed by atoms with E-state index in [1.54, 1.807) is 0 Å². The van der Waals surface area contributed by atoms with Crippen molar-refractivity contribution in [2.45, 2.75) is 25.9 Å². The molecule has 0 N–H and O–H groups in total. The summed E-state index contributed by atoms with van der Waals surface area (Å²) in [6, 6.07) is 31.3. The molecular formula is C23H23NOSe. The number of nitrogens with zero attached hydrogens (tertiary/aromatic N) is 1. The molecule has 0 aliphatic heterocycles. The molecule has 3 aromatic carbocycles. The van der Waals surface area contributed by atoms with Crippen molar-refractivity contribution in [3.8, 4) is 0 Å². The monoisotopic (exact) mass is 409 g/mol. The molecule has 132 valence electrons. The van der Waals surface area contributed by atoms with Gasteiger partial charge in [0.25, 0.3) is 0 Å². The van der Waals surface area contributed by atoms with Gasteiger partial charge in [0.2, 0.25) is 0 Å². The molecule has 3 heteroatoms. The molecule has 26 heavy (non-hydrogen) atoms. The summed E-state index contributed by atoms with van der Waals surface area (Å²) in [5, 5.41) is 4.55. The molecule has 0 fully saturated rings. The second-order valence-electron chi connectivity index (χ2n) is 6.12. The van der Waals surface area contributed by atoms with Crippen LogP contribution in [-0.4, -0.2) is 25.7 Å². The van der Waals surface area contributed by atoms with Gasteiger partial charge in [0.05, 0.1) is 0 Å². The maximum atomic E-state index is 5.86. The standard InChI is InChI=1S/C23H23NOSe/c1-19(17-18-20-11-5-2-6-12-20)25-24-23(21-13-7-3-8-14-21)26-22-15-9-4-10-16-22/h2-16,19H,17-18H2,1H3/b24-23+. The summed E-state index contributed by atoms with van der Waals surface area (Å²) in [5.74, 6) is 0. The fourth-order valence-corrected chi connectivity index (χ4v) is 4.30. The van der Waals surface area contributed by atoms with Crippen molar-refractivity contribution in [2.24, 2.45) is 5.16 Å². The molecule has 1 atom stereocenters. The predicted octanol–water partition coefficient (Wildman–Crippen LogP) is 4.42. The van der Waals surface area contributed by atoms with Crippen LogP contribution in [-0.2, 0) is 11.3 Å². The van der Waals surface area contributed by atoms with Crippen LogP contribution >= 0.6 is 0 Å². The van der Waals surface area contributed by atoms with E-state index in [0.717, 1.165) is 23.0 Å². The summed E-state index contributed by atoms with van der Waals surface area (Å²) in [5.41, 5.74) is 2.47. The molecule has 0 saturated heterocycles. The quantitative estimate of drug-likeness (QED) is 0.307. The Bertz CT molecular complexity index is 803. The zero-order chi connectivity index (χ0) is 18.0. The maximum absolute atomic E-state index is 5.86. The van der Waals surface area contributed by atoms with Crippen LogP contribution in [0.3, 0.4) is 0 Å². The number of oxime groups is 1. The van der Waals surface area contributed by atoms with E-state index >= 15 is 0 Å². The van der Waals surface area contributed by atoms with Crippen LogP contribution in [0.4, 0.5) is 0 Å². The second-order valence-corrected chi connectivity index (χ2v) is 8.35. The first-order chi connectivity index (χ1) is 12.8. The van der Waals surface area contributed by atoms with Gasteiger partial charge in [0.15, 0.2) is 0 Å². The summed E-state index contributed by atoms with van der Waals surface area (Å²) in [6.45, 7) is 2.09. The number of aryl methyl sites for hydroxylation is 1. The fourth-order valence-electron chi connectivity index (χ4n) is 2.52. The van der Waals surface area contributed by atoms with E-state index in [0.29, 0.717) is 0 Å². The zero-order valence-corrected chi connectivity index (χ0v) is 16.6. The van der Waals surface area contributed by atoms with Gasteiger partial charge in [-0.1, -0.05) is 0 Å². The van der Waals surface area contributed by atoms with Crippen LogP contribution in [0.2, 0.25) is 0 Å². The van der Waals surface area contributed by atoms with Crippen LogP contribution in [0, 0.1) is 0 Å². The summed E-state index contributed by atoms with van der Waals surface area (Å²) in [6.07, 6.45) is 2.04. The van der Waals surface area contributed by atoms with Crippen molar-refractivity contribution >= 4 is 24.0 Å². The molecule has 0 bridgehead atoms. The van der Waals surface area contributed by atoms with E-state index in [1.807, 2.05) is 30.3 Å². The average Bonchev–Trinajstić information content (AvgIpc) is 2.72. The molecule has 0 spiro atoms. The van der Waals surface area contributed by atoms with Crippen molar-refractivity contribution in [2.75, 3.05) is 0 Å². The molecule has 0 radical (unpaired) electrons. The molecule has 3 rings (SSSR count). The van der Waals surface area contributed by atoms with Crippen LogP contribution in [0.1, 0.15) is 24.5 Å². The van der Waals surface area contributed by atoms with Gasteiger partial charge < -0.3 is 0 Å². The molecule has 3 aromatic rings. The number of hydrogen-bond donors (Lipinski definition) is 0. The molecule has 0 aliphatic rings. The van der Waals surface area contributed by atoms with Crippen molar-refractivity contribution < 1.29 is 4.84 Å². The van der Waals surface area contributed by atoms with Gasteiger partial charge in [-0.05, 0) is 0 Å². The van der Waals surface area contributed by atoms with Crippen LogP contribution < -0.4 is 4.46 Å². The van der Waals surface area contributed by atoms with Gasteiger partial charge in [-0.3, -0.25) is 0 Å². The van der Waals surface area contributed by atoms with E-state index in [1.165, 1.54) is 10.0 Å². The second kappa shape index (κ2) is 9.96. The topological polar surface area (TPSA) is 21.6 Å². The third kappa shape index (κ3) is 5.87. The van der Waals surface area contributed by atoms with Crippen molar-refractivity contribution in [3.63, 3.8) is 0 Å². The summed E-state index contributed by atoms with van der Waals surface area (Å²) >= 11 is 0.113. The molecule has 1 unspecified atom stereocenters. The number of hydrogen-bond acceptors (Lipinski definition) is 2. The minimum atomic E-state index is 0.0838. The molecule has 0 heterocycles. The Morgan fingerprint density at radius 2 is 1.42 bits per heavy atom. The summed E-state index contributed by atoms with van der Waals surface area (Å²) in [7, 11) is 0. The molecule has 0 aromatic heterocycles. The molecule has 0 saturated carbocycles. The Hall–Kier alpha value is -2.35. The Labute approximate surface area is 162 Å². The van der Waals surface area contributed by atoms with Gasteiger partial charge in [0, 0.05) is 0 Å². The van der Waals surface area contributed by atoms with Crippen LogP contribution in [0.25, 0.3) is 0 Å². The number of rotatable bonds is 8. The first-order valence-electron chi connectivity index (χ1n) is 8.87. The van der Waals surface area contributed by atoms with Crippen molar-refractivity contribution in [1.82, 2.24) is 0 Å². The van der Waals surface area contributed by atoms with Gasteiger partial charge in [0.1, 0.15) is 0 Å². The first kappa shape index (κ1) is 18.4. The third-order valence-electron chi connectivity index (χ3n) is 3.98. The third-order valence-corrected chi connectivity index (χ3v) is 6.10. The van der Waals surface area contributed by atoms with Crippen LogP contribution in [0.15, 0.2) is 96.2 Å². The van der Waals surface area contributed by atoms with Gasteiger partial charge in [-0.2, -0.15) is 0 Å². The Kier molecular flexibility index (Phi) is 7.06. The van der Waals surface area contributed by atoms with Crippen molar-refractivity contribution in [3.05, 3.63) is 102 Å². The van der Waals surface area contributed by atoms with E-state index in [4.69, 9.17) is 4.84 Å². The Balaban J connectivity index is 1.65. The Morgan fingerprint density at radius 1 is 0.846 bits per heavy atom. The van der Waals surface area contributed by atoms with Crippen molar-refractivity contribution in [1.29, 1.82) is 0 Å². The average molecular weight is 408 g/mol. The fraction of sp³-hybridized carbons (Fsp3) is 0.174. The van der Waals surface area contributed by atoms with Gasteiger partial charge in [-0.25, -0.2) is 0 Å². The normalized spacial score (nSPS) is 12.6. The molecular weight excluding hydrogens is 385 g/mol. The van der Waals surface area contributed by atoms with E-state index in [-0.39, 0.29) is 21.1 Å². The zero-order valence-electron chi connectivity index (χ0n) is 14.9. The van der Waals surface area contributed by atoms with Gasteiger partial charge in [-0.15, -0.1) is 0 Å². The minimum absolute atomic E-state index is 0.0838. The predicted molar refractivity (Wildman–Crippen MR) is 110 cm³/mol. The molecule has 0 amide bonds. The molecule has 0 aliphatic carbocycles. The summed E-state index contributed by atoms with van der Waals surface area (Å²) < 4.78 is 2.32. The van der Waals surface area contributed by atoms with Gasteiger partial charge >= 0.3 is 162 Å². The SMILES string of the molecule is CC(CCc1ccccc1)O/N=C(/[Se]c1ccccc1)c1ccccc1. The van der Waals surface area contributed by atoms with E-state index in [2.05, 4.69) is 72.7 Å². The van der Waals surface area contributed by atoms with E-state index < -0.39 is 0 Å². The Morgan fingerprint density at radius 3 is 2.08 bits per heavy atom.